The predicted molar refractivity (Wildman–Crippen MR) is 72.2 cm³/mol. The third-order valence-electron chi connectivity index (χ3n) is 2.38. The summed E-state index contributed by atoms with van der Waals surface area (Å²) in [6.45, 7) is 6.26. The number of hydrogen-bond donors (Lipinski definition) is 1. The molecule has 0 aliphatic heterocycles. The summed E-state index contributed by atoms with van der Waals surface area (Å²) in [5, 5.41) is 6.64. The van der Waals surface area contributed by atoms with Gasteiger partial charge in [0.1, 0.15) is 5.01 Å². The standard InChI is InChI=1S/C12H16N2S2/c1-3-9-11(8-13-4-2)16-12(14-9)10-6-5-7-15-10/h5-7,13H,3-4,8H2,1-2H3. The molecule has 2 heterocycles. The number of aromatic nitrogens is 1. The van der Waals surface area contributed by atoms with Crippen molar-refractivity contribution in [3.8, 4) is 9.88 Å². The summed E-state index contributed by atoms with van der Waals surface area (Å²) in [7, 11) is 0. The van der Waals surface area contributed by atoms with Crippen LogP contribution in [-0.4, -0.2) is 11.5 Å². The second kappa shape index (κ2) is 5.57. The number of nitrogens with one attached hydrogen (secondary N) is 1. The highest BCUT2D eigenvalue weighted by Gasteiger charge is 2.11. The van der Waals surface area contributed by atoms with E-state index in [0.717, 1.165) is 19.5 Å². The molecule has 1 N–H and O–H groups in total. The zero-order chi connectivity index (χ0) is 11.4. The van der Waals surface area contributed by atoms with Crippen LogP contribution in [0.3, 0.4) is 0 Å². The molecule has 0 saturated heterocycles. The third-order valence-corrected chi connectivity index (χ3v) is 4.52. The Labute approximate surface area is 104 Å². The Kier molecular flexibility index (Phi) is 4.09. The van der Waals surface area contributed by atoms with Crippen LogP contribution in [0.1, 0.15) is 24.4 Å². The fourth-order valence-electron chi connectivity index (χ4n) is 1.54. The minimum atomic E-state index is 0.947. The van der Waals surface area contributed by atoms with Crippen LogP contribution in [0.5, 0.6) is 0 Å². The quantitative estimate of drug-likeness (QED) is 0.880. The van der Waals surface area contributed by atoms with Crippen molar-refractivity contribution < 1.29 is 0 Å². The molecule has 0 aromatic carbocycles. The maximum atomic E-state index is 4.71. The van der Waals surface area contributed by atoms with Crippen LogP contribution in [-0.2, 0) is 13.0 Å². The summed E-state index contributed by atoms with van der Waals surface area (Å²) < 4.78 is 0. The van der Waals surface area contributed by atoms with Gasteiger partial charge in [0.05, 0.1) is 10.6 Å². The zero-order valence-corrected chi connectivity index (χ0v) is 11.3. The summed E-state index contributed by atoms with van der Waals surface area (Å²) >= 11 is 3.58. The van der Waals surface area contributed by atoms with E-state index in [0.29, 0.717) is 0 Å². The fourth-order valence-corrected chi connectivity index (χ4v) is 3.46. The first-order chi connectivity index (χ1) is 7.85. The molecule has 86 valence electrons. The lowest BCUT2D eigenvalue weighted by molar-refractivity contribution is 0.727. The Morgan fingerprint density at radius 3 is 2.88 bits per heavy atom. The van der Waals surface area contributed by atoms with Crippen LogP contribution in [0.4, 0.5) is 0 Å². The largest absolute Gasteiger partial charge is 0.312 e. The lowest BCUT2D eigenvalue weighted by Crippen LogP contribution is -2.11. The van der Waals surface area contributed by atoms with Gasteiger partial charge in [0, 0.05) is 11.4 Å². The van der Waals surface area contributed by atoms with E-state index in [9.17, 15) is 0 Å². The van der Waals surface area contributed by atoms with Crippen LogP contribution in [0.25, 0.3) is 9.88 Å². The van der Waals surface area contributed by atoms with Crippen LogP contribution in [0.2, 0.25) is 0 Å². The topological polar surface area (TPSA) is 24.9 Å². The van der Waals surface area contributed by atoms with Gasteiger partial charge in [-0.25, -0.2) is 4.98 Å². The van der Waals surface area contributed by atoms with Crippen molar-refractivity contribution >= 4 is 22.7 Å². The maximum Gasteiger partial charge on any atom is 0.133 e. The zero-order valence-electron chi connectivity index (χ0n) is 9.62. The molecular formula is C12H16N2S2. The molecule has 2 aromatic rings. The maximum absolute atomic E-state index is 4.71. The van der Waals surface area contributed by atoms with Crippen molar-refractivity contribution in [2.75, 3.05) is 6.54 Å². The first-order valence-corrected chi connectivity index (χ1v) is 7.28. The second-order valence-corrected chi connectivity index (χ2v) is 5.53. The normalized spacial score (nSPS) is 10.9. The Hall–Kier alpha value is -0.710. The molecule has 2 rings (SSSR count). The summed E-state index contributed by atoms with van der Waals surface area (Å²) in [4.78, 5) is 7.38. The van der Waals surface area contributed by atoms with Gasteiger partial charge >= 0.3 is 0 Å². The molecule has 16 heavy (non-hydrogen) atoms. The average Bonchev–Trinajstić information content (AvgIpc) is 2.94. The van der Waals surface area contributed by atoms with Gasteiger partial charge in [-0.2, -0.15) is 0 Å². The van der Waals surface area contributed by atoms with Gasteiger partial charge < -0.3 is 5.32 Å². The molecule has 0 atom stereocenters. The van der Waals surface area contributed by atoms with Gasteiger partial charge in [-0.15, -0.1) is 22.7 Å². The Morgan fingerprint density at radius 1 is 1.38 bits per heavy atom. The Balaban J connectivity index is 2.25. The monoisotopic (exact) mass is 252 g/mol. The number of thiazole rings is 1. The Morgan fingerprint density at radius 2 is 2.25 bits per heavy atom. The molecule has 0 fully saturated rings. The van der Waals surface area contributed by atoms with Crippen LogP contribution < -0.4 is 5.32 Å². The lowest BCUT2D eigenvalue weighted by atomic mass is 10.3. The van der Waals surface area contributed by atoms with Crippen LogP contribution in [0, 0.1) is 0 Å². The fraction of sp³-hybridized carbons (Fsp3) is 0.417. The van der Waals surface area contributed by atoms with Gasteiger partial charge in [-0.1, -0.05) is 19.9 Å². The average molecular weight is 252 g/mol. The van der Waals surface area contributed by atoms with E-state index >= 15 is 0 Å². The van der Waals surface area contributed by atoms with Gasteiger partial charge in [0.2, 0.25) is 0 Å². The molecule has 0 saturated carbocycles. The Bertz CT molecular complexity index is 432. The molecule has 0 aliphatic rings. The number of aryl methyl sites for hydroxylation is 1. The molecule has 0 bridgehead atoms. The molecule has 0 unspecified atom stereocenters. The van der Waals surface area contributed by atoms with Crippen molar-refractivity contribution in [2.24, 2.45) is 0 Å². The summed E-state index contributed by atoms with van der Waals surface area (Å²) in [5.41, 5.74) is 1.24. The summed E-state index contributed by atoms with van der Waals surface area (Å²) in [6, 6.07) is 4.22. The first-order valence-electron chi connectivity index (χ1n) is 5.58. The van der Waals surface area contributed by atoms with Crippen LogP contribution in [0.15, 0.2) is 17.5 Å². The van der Waals surface area contributed by atoms with E-state index in [1.165, 1.54) is 20.5 Å². The van der Waals surface area contributed by atoms with Crippen molar-refractivity contribution in [2.45, 2.75) is 26.8 Å². The number of nitrogens with zero attached hydrogens (tertiary/aromatic N) is 1. The smallest absolute Gasteiger partial charge is 0.133 e. The molecule has 2 aromatic heterocycles. The number of hydrogen-bond acceptors (Lipinski definition) is 4. The highest BCUT2D eigenvalue weighted by molar-refractivity contribution is 7.21. The second-order valence-electron chi connectivity index (χ2n) is 3.50. The van der Waals surface area contributed by atoms with Crippen molar-refractivity contribution in [1.82, 2.24) is 10.3 Å². The molecule has 0 radical (unpaired) electrons. The van der Waals surface area contributed by atoms with Gasteiger partial charge in [0.15, 0.2) is 0 Å². The van der Waals surface area contributed by atoms with E-state index in [-0.39, 0.29) is 0 Å². The van der Waals surface area contributed by atoms with Crippen LogP contribution >= 0.6 is 22.7 Å². The van der Waals surface area contributed by atoms with Crippen molar-refractivity contribution in [1.29, 1.82) is 0 Å². The highest BCUT2D eigenvalue weighted by atomic mass is 32.1. The molecular weight excluding hydrogens is 236 g/mol. The SMILES string of the molecule is CCNCc1sc(-c2cccs2)nc1CC. The van der Waals surface area contributed by atoms with Crippen molar-refractivity contribution in [3.63, 3.8) is 0 Å². The first kappa shape index (κ1) is 11.8. The van der Waals surface area contributed by atoms with E-state index in [1.807, 2.05) is 11.3 Å². The minimum Gasteiger partial charge on any atom is -0.312 e. The number of thiophene rings is 1. The van der Waals surface area contributed by atoms with Gasteiger partial charge in [0.25, 0.3) is 0 Å². The molecule has 0 amide bonds. The molecule has 2 nitrogen and oxygen atoms in total. The molecule has 4 heteroatoms. The highest BCUT2D eigenvalue weighted by Crippen LogP contribution is 2.31. The predicted octanol–water partition coefficient (Wildman–Crippen LogP) is 3.54. The third kappa shape index (κ3) is 2.51. The van der Waals surface area contributed by atoms with E-state index in [2.05, 4.69) is 36.7 Å². The lowest BCUT2D eigenvalue weighted by Gasteiger charge is -1.99. The minimum absolute atomic E-state index is 0.947. The number of rotatable bonds is 5. The molecule has 0 spiro atoms. The molecule has 0 aliphatic carbocycles. The summed E-state index contributed by atoms with van der Waals surface area (Å²) in [6.07, 6.45) is 1.02. The van der Waals surface area contributed by atoms with E-state index in [1.54, 1.807) is 11.3 Å². The van der Waals surface area contributed by atoms with Gasteiger partial charge in [-0.3, -0.25) is 0 Å². The summed E-state index contributed by atoms with van der Waals surface area (Å²) in [5.74, 6) is 0. The van der Waals surface area contributed by atoms with Gasteiger partial charge in [-0.05, 0) is 24.4 Å². The van der Waals surface area contributed by atoms with E-state index < -0.39 is 0 Å². The van der Waals surface area contributed by atoms with Crippen molar-refractivity contribution in [3.05, 3.63) is 28.1 Å². The van der Waals surface area contributed by atoms with E-state index in [4.69, 9.17) is 4.98 Å².